The van der Waals surface area contributed by atoms with E-state index in [2.05, 4.69) is 57.8 Å². The van der Waals surface area contributed by atoms with Crippen molar-refractivity contribution in [3.8, 4) is 0 Å². The van der Waals surface area contributed by atoms with Crippen LogP contribution in [-0.2, 0) is 17.8 Å². The maximum atomic E-state index is 5.45. The lowest BCUT2D eigenvalue weighted by Gasteiger charge is -2.41. The van der Waals surface area contributed by atoms with E-state index in [1.54, 1.807) is 7.05 Å². The molecule has 0 aliphatic carbocycles. The van der Waals surface area contributed by atoms with Gasteiger partial charge in [0, 0.05) is 51.2 Å². The van der Waals surface area contributed by atoms with Gasteiger partial charge in [0.1, 0.15) is 5.82 Å². The van der Waals surface area contributed by atoms with Crippen LogP contribution in [0.5, 0.6) is 0 Å². The Bertz CT molecular complexity index is 546. The van der Waals surface area contributed by atoms with Crippen molar-refractivity contribution in [1.29, 1.82) is 0 Å². The first kappa shape index (κ1) is 19.7. The number of imidazole rings is 1. The molecule has 1 saturated heterocycles. The van der Waals surface area contributed by atoms with Gasteiger partial charge in [0.2, 0.25) is 0 Å². The van der Waals surface area contributed by atoms with E-state index in [4.69, 9.17) is 4.74 Å². The van der Waals surface area contributed by atoms with Crippen molar-refractivity contribution in [2.75, 3.05) is 39.9 Å². The molecule has 2 heterocycles. The van der Waals surface area contributed by atoms with Gasteiger partial charge in [-0.05, 0) is 19.8 Å². The lowest BCUT2D eigenvalue weighted by molar-refractivity contribution is -0.00834. The number of guanidine groups is 1. The number of hydrogen-bond donors (Lipinski definition) is 2. The molecule has 0 atom stereocenters. The molecule has 0 spiro atoms. The van der Waals surface area contributed by atoms with Gasteiger partial charge in [0.25, 0.3) is 0 Å². The van der Waals surface area contributed by atoms with Gasteiger partial charge in [-0.3, -0.25) is 9.89 Å². The fourth-order valence-electron chi connectivity index (χ4n) is 3.03. The molecule has 1 aromatic heterocycles. The zero-order valence-corrected chi connectivity index (χ0v) is 16.4. The molecular formula is C18H34N6O. The Kier molecular flexibility index (Phi) is 7.25. The summed E-state index contributed by atoms with van der Waals surface area (Å²) in [7, 11) is 1.80. The van der Waals surface area contributed by atoms with E-state index < -0.39 is 0 Å². The smallest absolute Gasteiger partial charge is 0.191 e. The zero-order chi connectivity index (χ0) is 18.3. The summed E-state index contributed by atoms with van der Waals surface area (Å²) in [6.45, 7) is 15.0. The first-order valence-electron chi connectivity index (χ1n) is 9.19. The van der Waals surface area contributed by atoms with Crippen LogP contribution in [0.25, 0.3) is 0 Å². The molecule has 0 aromatic carbocycles. The Morgan fingerprint density at radius 2 is 2.04 bits per heavy atom. The van der Waals surface area contributed by atoms with Crippen molar-refractivity contribution in [3.63, 3.8) is 0 Å². The standard InChI is InChI=1S/C18H34N6O/c1-15(2)13-23-7-6-20-16(23)12-21-17(19-5)22-14-18(3,4)24-8-10-25-11-9-24/h6-7,15H,8-14H2,1-5H3,(H2,19,21,22). The molecule has 1 fully saturated rings. The Morgan fingerprint density at radius 3 is 2.68 bits per heavy atom. The molecule has 0 radical (unpaired) electrons. The SMILES string of the molecule is CN=C(NCc1nccn1CC(C)C)NCC(C)(C)N1CCOCC1. The van der Waals surface area contributed by atoms with Gasteiger partial charge in [-0.2, -0.15) is 0 Å². The maximum absolute atomic E-state index is 5.45. The number of aromatic nitrogens is 2. The summed E-state index contributed by atoms with van der Waals surface area (Å²) in [5, 5.41) is 6.82. The first-order chi connectivity index (χ1) is 11.9. The number of aliphatic imine (C=N–C) groups is 1. The zero-order valence-electron chi connectivity index (χ0n) is 16.4. The van der Waals surface area contributed by atoms with Gasteiger partial charge in [-0.15, -0.1) is 0 Å². The van der Waals surface area contributed by atoms with Crippen molar-refractivity contribution in [3.05, 3.63) is 18.2 Å². The van der Waals surface area contributed by atoms with E-state index in [1.165, 1.54) is 0 Å². The van der Waals surface area contributed by atoms with E-state index in [9.17, 15) is 0 Å². The molecule has 7 nitrogen and oxygen atoms in total. The summed E-state index contributed by atoms with van der Waals surface area (Å²) in [6.07, 6.45) is 3.89. The molecule has 0 bridgehead atoms. The molecule has 7 heteroatoms. The molecule has 2 N–H and O–H groups in total. The highest BCUT2D eigenvalue weighted by Crippen LogP contribution is 2.15. The predicted octanol–water partition coefficient (Wildman–Crippen LogP) is 1.31. The largest absolute Gasteiger partial charge is 0.379 e. The molecule has 142 valence electrons. The van der Waals surface area contributed by atoms with Crippen LogP contribution in [0.4, 0.5) is 0 Å². The summed E-state index contributed by atoms with van der Waals surface area (Å²) < 4.78 is 7.65. The Morgan fingerprint density at radius 1 is 1.32 bits per heavy atom. The predicted molar refractivity (Wildman–Crippen MR) is 102 cm³/mol. The second kappa shape index (κ2) is 9.20. The highest BCUT2D eigenvalue weighted by Gasteiger charge is 2.28. The van der Waals surface area contributed by atoms with Gasteiger partial charge >= 0.3 is 0 Å². The third-order valence-electron chi connectivity index (χ3n) is 4.56. The van der Waals surface area contributed by atoms with Gasteiger partial charge in [0.05, 0.1) is 19.8 Å². The highest BCUT2D eigenvalue weighted by molar-refractivity contribution is 5.79. The van der Waals surface area contributed by atoms with Crippen molar-refractivity contribution in [2.24, 2.45) is 10.9 Å². The van der Waals surface area contributed by atoms with Crippen molar-refractivity contribution < 1.29 is 4.74 Å². The maximum Gasteiger partial charge on any atom is 0.191 e. The first-order valence-corrected chi connectivity index (χ1v) is 9.19. The van der Waals surface area contributed by atoms with Gasteiger partial charge < -0.3 is 19.9 Å². The fourth-order valence-corrected chi connectivity index (χ4v) is 3.03. The molecule has 25 heavy (non-hydrogen) atoms. The summed E-state index contributed by atoms with van der Waals surface area (Å²) in [6, 6.07) is 0. The molecule has 0 amide bonds. The summed E-state index contributed by atoms with van der Waals surface area (Å²) >= 11 is 0. The molecule has 1 aromatic rings. The van der Waals surface area contributed by atoms with Crippen LogP contribution in [-0.4, -0.2) is 65.8 Å². The van der Waals surface area contributed by atoms with E-state index in [1.807, 2.05) is 12.4 Å². The second-order valence-corrected chi connectivity index (χ2v) is 7.58. The van der Waals surface area contributed by atoms with Crippen LogP contribution >= 0.6 is 0 Å². The van der Waals surface area contributed by atoms with Crippen LogP contribution in [0.3, 0.4) is 0 Å². The summed E-state index contributed by atoms with van der Waals surface area (Å²) in [5.41, 5.74) is 0.0531. The van der Waals surface area contributed by atoms with Crippen LogP contribution in [0.1, 0.15) is 33.5 Å². The Balaban J connectivity index is 1.83. The lowest BCUT2D eigenvalue weighted by Crippen LogP contribution is -2.56. The van der Waals surface area contributed by atoms with E-state index in [0.717, 1.165) is 51.2 Å². The molecule has 0 unspecified atom stereocenters. The number of rotatable bonds is 7. The van der Waals surface area contributed by atoms with Gasteiger partial charge in [-0.25, -0.2) is 4.98 Å². The number of morpholine rings is 1. The highest BCUT2D eigenvalue weighted by atomic mass is 16.5. The lowest BCUT2D eigenvalue weighted by atomic mass is 10.0. The summed E-state index contributed by atoms with van der Waals surface area (Å²) in [4.78, 5) is 11.3. The van der Waals surface area contributed by atoms with Crippen molar-refractivity contribution in [2.45, 2.75) is 46.3 Å². The summed E-state index contributed by atoms with van der Waals surface area (Å²) in [5.74, 6) is 2.43. The second-order valence-electron chi connectivity index (χ2n) is 7.58. The van der Waals surface area contributed by atoms with Gasteiger partial charge in [-0.1, -0.05) is 13.8 Å². The van der Waals surface area contributed by atoms with Crippen molar-refractivity contribution in [1.82, 2.24) is 25.1 Å². The van der Waals surface area contributed by atoms with E-state index in [-0.39, 0.29) is 5.54 Å². The van der Waals surface area contributed by atoms with Crippen LogP contribution in [0.15, 0.2) is 17.4 Å². The van der Waals surface area contributed by atoms with E-state index in [0.29, 0.717) is 12.5 Å². The fraction of sp³-hybridized carbons (Fsp3) is 0.778. The van der Waals surface area contributed by atoms with Crippen LogP contribution < -0.4 is 10.6 Å². The number of nitrogens with one attached hydrogen (secondary N) is 2. The van der Waals surface area contributed by atoms with Crippen LogP contribution in [0.2, 0.25) is 0 Å². The molecular weight excluding hydrogens is 316 g/mol. The number of nitrogens with zero attached hydrogens (tertiary/aromatic N) is 4. The number of hydrogen-bond acceptors (Lipinski definition) is 4. The number of ether oxygens (including phenoxy) is 1. The topological polar surface area (TPSA) is 66.7 Å². The third-order valence-corrected chi connectivity index (χ3v) is 4.56. The average Bonchev–Trinajstić information content (AvgIpc) is 3.02. The Hall–Kier alpha value is -1.60. The minimum Gasteiger partial charge on any atom is -0.379 e. The van der Waals surface area contributed by atoms with Crippen molar-refractivity contribution >= 4 is 5.96 Å². The third kappa shape index (κ3) is 6.01. The monoisotopic (exact) mass is 350 g/mol. The quantitative estimate of drug-likeness (QED) is 0.573. The normalized spacial score (nSPS) is 17.1. The minimum absolute atomic E-state index is 0.0531. The van der Waals surface area contributed by atoms with Crippen LogP contribution in [0, 0.1) is 5.92 Å². The Labute approximate surface area is 151 Å². The van der Waals surface area contributed by atoms with E-state index >= 15 is 0 Å². The molecule has 0 saturated carbocycles. The molecule has 1 aliphatic heterocycles. The van der Waals surface area contributed by atoms with Gasteiger partial charge in [0.15, 0.2) is 5.96 Å². The average molecular weight is 351 g/mol. The minimum atomic E-state index is 0.0531. The molecule has 1 aliphatic rings. The molecule has 2 rings (SSSR count).